The van der Waals surface area contributed by atoms with Crippen molar-refractivity contribution in [3.63, 3.8) is 0 Å². The molecule has 0 spiro atoms. The number of amides is 1. The van der Waals surface area contributed by atoms with Gasteiger partial charge in [0.1, 0.15) is 15.8 Å². The molecule has 0 atom stereocenters. The van der Waals surface area contributed by atoms with Gasteiger partial charge in [-0.3, -0.25) is 18.9 Å². The number of rotatable bonds is 8. The number of carbonyl (C=O) groups is 1. The normalized spacial score (nSPS) is 15.8. The number of anilines is 1. The number of aliphatic hydroxyl groups excluding tert-OH is 1. The first-order valence-corrected chi connectivity index (χ1v) is 10.4. The highest BCUT2D eigenvalue weighted by Crippen LogP contribution is 2.33. The fraction of sp³-hybridized carbons (Fsp3) is 0.368. The van der Waals surface area contributed by atoms with Crippen molar-refractivity contribution in [1.29, 1.82) is 0 Å². The van der Waals surface area contributed by atoms with Crippen LogP contribution in [0.1, 0.15) is 31.7 Å². The lowest BCUT2D eigenvalue weighted by molar-refractivity contribution is -0.122. The maximum absolute atomic E-state index is 13.0. The molecule has 1 amide bonds. The van der Waals surface area contributed by atoms with E-state index in [9.17, 15) is 9.59 Å². The predicted octanol–water partition coefficient (Wildman–Crippen LogP) is 2.49. The number of aromatic nitrogens is 2. The Morgan fingerprint density at radius 1 is 1.32 bits per heavy atom. The van der Waals surface area contributed by atoms with Gasteiger partial charge < -0.3 is 10.4 Å². The molecule has 2 N–H and O–H groups in total. The Kier molecular flexibility index (Phi) is 6.82. The third-order valence-electron chi connectivity index (χ3n) is 4.28. The summed E-state index contributed by atoms with van der Waals surface area (Å²) in [5.41, 5.74) is 0.542. The molecular weight excluding hydrogens is 396 g/mol. The first-order valence-electron chi connectivity index (χ1n) is 9.18. The summed E-state index contributed by atoms with van der Waals surface area (Å²) in [5.74, 6) is 0.214. The quantitative estimate of drug-likeness (QED) is 0.387. The van der Waals surface area contributed by atoms with Crippen LogP contribution in [0, 0.1) is 0 Å². The smallest absolute Gasteiger partial charge is 0.267 e. The number of hydrogen-bond donors (Lipinski definition) is 2. The van der Waals surface area contributed by atoms with Crippen LogP contribution in [0.25, 0.3) is 11.7 Å². The standard InChI is InChI=1S/C19H22N4O3S2/c1-2-3-9-23-18(26)14(28-19(23)27)12-13-16(20-8-6-11-24)21-15-7-4-5-10-22(15)17(13)25/h4-5,7,10,12,20,24H,2-3,6,8-9,11H2,1H3. The topological polar surface area (TPSA) is 86.9 Å². The first-order chi connectivity index (χ1) is 13.6. The Labute approximate surface area is 172 Å². The molecule has 1 fully saturated rings. The van der Waals surface area contributed by atoms with Gasteiger partial charge in [0.05, 0.1) is 10.5 Å². The highest BCUT2D eigenvalue weighted by atomic mass is 32.2. The minimum atomic E-state index is -0.268. The number of thiocarbonyl (C=S) groups is 1. The van der Waals surface area contributed by atoms with E-state index in [0.29, 0.717) is 45.8 Å². The second-order valence-electron chi connectivity index (χ2n) is 6.30. The average molecular weight is 419 g/mol. The van der Waals surface area contributed by atoms with Gasteiger partial charge in [0.25, 0.3) is 11.5 Å². The lowest BCUT2D eigenvalue weighted by atomic mass is 10.2. The van der Waals surface area contributed by atoms with E-state index in [4.69, 9.17) is 17.3 Å². The second-order valence-corrected chi connectivity index (χ2v) is 7.97. The van der Waals surface area contributed by atoms with E-state index in [-0.39, 0.29) is 18.1 Å². The SMILES string of the molecule is CCCCN1C(=O)C(=Cc2c(NCCCO)nc3ccccn3c2=O)SC1=S. The van der Waals surface area contributed by atoms with Crippen LogP contribution in [0.5, 0.6) is 0 Å². The van der Waals surface area contributed by atoms with Gasteiger partial charge in [-0.25, -0.2) is 4.98 Å². The van der Waals surface area contributed by atoms with E-state index in [1.807, 2.05) is 0 Å². The maximum atomic E-state index is 13.0. The number of fused-ring (bicyclic) bond motifs is 1. The molecule has 0 aliphatic carbocycles. The van der Waals surface area contributed by atoms with Crippen LogP contribution >= 0.6 is 24.0 Å². The molecule has 1 aliphatic rings. The zero-order valence-electron chi connectivity index (χ0n) is 15.6. The van der Waals surface area contributed by atoms with Gasteiger partial charge in [-0.1, -0.05) is 43.4 Å². The minimum absolute atomic E-state index is 0.0327. The summed E-state index contributed by atoms with van der Waals surface area (Å²) >= 11 is 6.54. The van der Waals surface area contributed by atoms with Crippen LogP contribution < -0.4 is 10.9 Å². The van der Waals surface area contributed by atoms with E-state index in [1.54, 1.807) is 35.4 Å². The summed E-state index contributed by atoms with van der Waals surface area (Å²) in [7, 11) is 0. The fourth-order valence-electron chi connectivity index (χ4n) is 2.79. The minimum Gasteiger partial charge on any atom is -0.396 e. The Morgan fingerprint density at radius 3 is 2.89 bits per heavy atom. The highest BCUT2D eigenvalue weighted by molar-refractivity contribution is 8.26. The van der Waals surface area contributed by atoms with Gasteiger partial charge in [-0.2, -0.15) is 0 Å². The van der Waals surface area contributed by atoms with Crippen LogP contribution in [0.3, 0.4) is 0 Å². The number of carbonyl (C=O) groups excluding carboxylic acids is 1. The molecule has 1 saturated heterocycles. The van der Waals surface area contributed by atoms with Crippen molar-refractivity contribution in [2.45, 2.75) is 26.2 Å². The van der Waals surface area contributed by atoms with Crippen molar-refractivity contribution in [1.82, 2.24) is 14.3 Å². The predicted molar refractivity (Wildman–Crippen MR) is 116 cm³/mol. The number of thioether (sulfide) groups is 1. The van der Waals surface area contributed by atoms with Gasteiger partial charge >= 0.3 is 0 Å². The molecule has 0 unspecified atom stereocenters. The third kappa shape index (κ3) is 4.26. The number of unbranched alkanes of at least 4 members (excludes halogenated alkanes) is 1. The molecule has 28 heavy (non-hydrogen) atoms. The van der Waals surface area contributed by atoms with E-state index in [1.165, 1.54) is 16.2 Å². The molecule has 3 rings (SSSR count). The third-order valence-corrected chi connectivity index (χ3v) is 5.66. The summed E-state index contributed by atoms with van der Waals surface area (Å²) in [6, 6.07) is 5.30. The average Bonchev–Trinajstić information content (AvgIpc) is 2.96. The lowest BCUT2D eigenvalue weighted by Gasteiger charge is -2.13. The molecule has 0 aromatic carbocycles. The van der Waals surface area contributed by atoms with Crippen molar-refractivity contribution < 1.29 is 9.90 Å². The van der Waals surface area contributed by atoms with Crippen LogP contribution in [0.2, 0.25) is 0 Å². The molecule has 3 heterocycles. The molecule has 2 aromatic heterocycles. The van der Waals surface area contributed by atoms with Gasteiger partial charge in [0, 0.05) is 25.9 Å². The van der Waals surface area contributed by atoms with Crippen molar-refractivity contribution in [2.24, 2.45) is 0 Å². The number of hydrogen-bond acceptors (Lipinski definition) is 7. The van der Waals surface area contributed by atoms with Crippen LogP contribution in [0.15, 0.2) is 34.1 Å². The zero-order chi connectivity index (χ0) is 20.1. The molecular formula is C19H22N4O3S2. The van der Waals surface area contributed by atoms with Crippen molar-refractivity contribution in [3.05, 3.63) is 45.2 Å². The van der Waals surface area contributed by atoms with Gasteiger partial charge in [-0.05, 0) is 31.1 Å². The first kappa shape index (κ1) is 20.5. The number of aliphatic hydroxyl groups is 1. The van der Waals surface area contributed by atoms with Gasteiger partial charge in [0.15, 0.2) is 0 Å². The Hall–Kier alpha value is -2.23. The molecule has 0 saturated carbocycles. The Balaban J connectivity index is 2.03. The summed E-state index contributed by atoms with van der Waals surface area (Å²) in [5, 5.41) is 12.1. The molecule has 7 nitrogen and oxygen atoms in total. The summed E-state index contributed by atoms with van der Waals surface area (Å²) < 4.78 is 1.95. The highest BCUT2D eigenvalue weighted by Gasteiger charge is 2.32. The van der Waals surface area contributed by atoms with Crippen molar-refractivity contribution in [3.8, 4) is 0 Å². The number of nitrogens with one attached hydrogen (secondary N) is 1. The van der Waals surface area contributed by atoms with Crippen LogP contribution in [-0.4, -0.2) is 49.3 Å². The fourth-order valence-corrected chi connectivity index (χ4v) is 4.08. The maximum Gasteiger partial charge on any atom is 0.267 e. The van der Waals surface area contributed by atoms with E-state index in [0.717, 1.165) is 12.8 Å². The van der Waals surface area contributed by atoms with Crippen LogP contribution in [0.4, 0.5) is 5.82 Å². The largest absolute Gasteiger partial charge is 0.396 e. The van der Waals surface area contributed by atoms with Gasteiger partial charge in [0.2, 0.25) is 0 Å². The number of pyridine rings is 1. The van der Waals surface area contributed by atoms with Gasteiger partial charge in [-0.15, -0.1) is 0 Å². The summed E-state index contributed by atoms with van der Waals surface area (Å²) in [6.45, 7) is 3.13. The van der Waals surface area contributed by atoms with Crippen LogP contribution in [-0.2, 0) is 4.79 Å². The van der Waals surface area contributed by atoms with E-state index >= 15 is 0 Å². The second kappa shape index (κ2) is 9.31. The van der Waals surface area contributed by atoms with Crippen molar-refractivity contribution >= 4 is 51.7 Å². The Morgan fingerprint density at radius 2 is 2.14 bits per heavy atom. The lowest BCUT2D eigenvalue weighted by Crippen LogP contribution is -2.29. The van der Waals surface area contributed by atoms with E-state index in [2.05, 4.69) is 17.2 Å². The Bertz CT molecular complexity index is 987. The molecule has 0 radical (unpaired) electrons. The molecule has 2 aromatic rings. The molecule has 0 bridgehead atoms. The zero-order valence-corrected chi connectivity index (χ0v) is 17.2. The molecule has 1 aliphatic heterocycles. The molecule has 9 heteroatoms. The summed E-state index contributed by atoms with van der Waals surface area (Å²) in [6.07, 6.45) is 5.57. The molecule has 148 valence electrons. The van der Waals surface area contributed by atoms with Crippen molar-refractivity contribution in [2.75, 3.05) is 25.0 Å². The van der Waals surface area contributed by atoms with E-state index < -0.39 is 0 Å². The monoisotopic (exact) mass is 418 g/mol. The number of nitrogens with zero attached hydrogens (tertiary/aromatic N) is 3. The summed E-state index contributed by atoms with van der Waals surface area (Å²) in [4.78, 5) is 32.3.